The first-order valence-corrected chi connectivity index (χ1v) is 14.1. The molecule has 0 saturated carbocycles. The molecule has 0 radical (unpaired) electrons. The number of anilines is 2. The molecule has 6 nitrogen and oxygen atoms in total. The Balaban J connectivity index is 1.17. The molecule has 3 aromatic carbocycles. The maximum Gasteiger partial charge on any atom is 0.185 e. The van der Waals surface area contributed by atoms with Crippen LogP contribution in [-0.2, 0) is 0 Å². The van der Waals surface area contributed by atoms with Crippen LogP contribution in [0.15, 0.2) is 84.9 Å². The van der Waals surface area contributed by atoms with E-state index in [4.69, 9.17) is 0 Å². The Bertz CT molecular complexity index is 1260. The van der Waals surface area contributed by atoms with Gasteiger partial charge in [0, 0.05) is 74.9 Å². The number of rotatable bonds is 8. The number of benzene rings is 3. The van der Waals surface area contributed by atoms with Gasteiger partial charge in [-0.3, -0.25) is 9.59 Å². The van der Waals surface area contributed by atoms with Gasteiger partial charge in [-0.25, -0.2) is 0 Å². The molecule has 0 unspecified atom stereocenters. The van der Waals surface area contributed by atoms with Crippen LogP contribution in [0.2, 0.25) is 0 Å². The van der Waals surface area contributed by atoms with Crippen LogP contribution >= 0.6 is 0 Å². The summed E-state index contributed by atoms with van der Waals surface area (Å²) in [6.07, 6.45) is 6.81. The molecular weight excluding hydrogens is 496 g/mol. The van der Waals surface area contributed by atoms with E-state index in [-0.39, 0.29) is 11.6 Å². The molecule has 0 amide bonds. The quantitative estimate of drug-likeness (QED) is 0.300. The number of carbonyl (C=O) groups is 2. The van der Waals surface area contributed by atoms with E-state index < -0.39 is 0 Å². The molecule has 206 valence electrons. The number of hydrogen-bond donors (Lipinski definition) is 0. The van der Waals surface area contributed by atoms with E-state index in [1.54, 1.807) is 36.4 Å². The summed E-state index contributed by atoms with van der Waals surface area (Å²) >= 11 is 0. The van der Waals surface area contributed by atoms with Gasteiger partial charge in [0.25, 0.3) is 0 Å². The van der Waals surface area contributed by atoms with Gasteiger partial charge in [-0.05, 0) is 67.7 Å². The van der Waals surface area contributed by atoms with E-state index in [9.17, 15) is 9.59 Å². The van der Waals surface area contributed by atoms with Gasteiger partial charge in [-0.15, -0.1) is 0 Å². The lowest BCUT2D eigenvalue weighted by Gasteiger charge is -2.34. The Morgan fingerprint density at radius 3 is 1.30 bits per heavy atom. The van der Waals surface area contributed by atoms with Crippen LogP contribution < -0.4 is 9.80 Å². The highest BCUT2D eigenvalue weighted by atomic mass is 16.1. The number of hydrogen-bond acceptors (Lipinski definition) is 6. The molecule has 0 N–H and O–H groups in total. The van der Waals surface area contributed by atoms with Gasteiger partial charge in [0.2, 0.25) is 0 Å². The summed E-state index contributed by atoms with van der Waals surface area (Å²) in [5, 5.41) is 0. The molecule has 2 aliphatic rings. The monoisotopic (exact) mass is 534 g/mol. The van der Waals surface area contributed by atoms with Gasteiger partial charge in [0.1, 0.15) is 0 Å². The van der Waals surface area contributed by atoms with E-state index in [2.05, 4.69) is 58.0 Å². The standard InChI is InChI=1S/C34H38N4O2/c1-35-18-22-37(23-19-35)31-12-6-27(7-13-31)10-16-33(39)29-4-3-5-30(26-29)34(40)17-11-28-8-14-32(15-9-28)38-24-20-36(2)21-25-38/h3-17,26H,18-25H2,1-2H3/b16-10+,17-11+. The summed E-state index contributed by atoms with van der Waals surface area (Å²) in [6.45, 7) is 8.37. The molecule has 3 aromatic rings. The average molecular weight is 535 g/mol. The summed E-state index contributed by atoms with van der Waals surface area (Å²) in [7, 11) is 4.30. The Labute approximate surface area is 237 Å². The topological polar surface area (TPSA) is 47.1 Å². The summed E-state index contributed by atoms with van der Waals surface area (Å²) in [5.74, 6) is -0.248. The minimum absolute atomic E-state index is 0.124. The number of nitrogens with zero attached hydrogens (tertiary/aromatic N) is 4. The highest BCUT2D eigenvalue weighted by Gasteiger charge is 2.15. The minimum atomic E-state index is -0.124. The Hall–Kier alpha value is -4.00. The van der Waals surface area contributed by atoms with E-state index in [0.29, 0.717) is 11.1 Å². The summed E-state index contributed by atoms with van der Waals surface area (Å²) < 4.78 is 0. The highest BCUT2D eigenvalue weighted by Crippen LogP contribution is 2.19. The molecule has 0 atom stereocenters. The predicted molar refractivity (Wildman–Crippen MR) is 165 cm³/mol. The molecule has 40 heavy (non-hydrogen) atoms. The Morgan fingerprint density at radius 1 is 0.550 bits per heavy atom. The second-order valence-electron chi connectivity index (χ2n) is 10.7. The van der Waals surface area contributed by atoms with Crippen LogP contribution in [0.1, 0.15) is 31.8 Å². The zero-order valence-corrected chi connectivity index (χ0v) is 23.5. The molecule has 2 heterocycles. The molecule has 5 rings (SSSR count). The van der Waals surface area contributed by atoms with Gasteiger partial charge in [-0.2, -0.15) is 0 Å². The number of carbonyl (C=O) groups excluding carboxylic acids is 2. The smallest absolute Gasteiger partial charge is 0.185 e. The van der Waals surface area contributed by atoms with Gasteiger partial charge in [-0.1, -0.05) is 54.6 Å². The number of piperazine rings is 2. The Morgan fingerprint density at radius 2 is 0.925 bits per heavy atom. The fraction of sp³-hybridized carbons (Fsp3) is 0.294. The third-order valence-corrected chi connectivity index (χ3v) is 7.81. The molecular formula is C34H38N4O2. The van der Waals surface area contributed by atoms with Crippen molar-refractivity contribution in [2.24, 2.45) is 0 Å². The van der Waals surface area contributed by atoms with Crippen LogP contribution in [0.25, 0.3) is 12.2 Å². The molecule has 2 aliphatic heterocycles. The van der Waals surface area contributed by atoms with Gasteiger partial charge in [0.05, 0.1) is 0 Å². The number of allylic oxidation sites excluding steroid dienone is 2. The van der Waals surface area contributed by atoms with Crippen LogP contribution in [0, 0.1) is 0 Å². The molecule has 0 aromatic heterocycles. The zero-order chi connectivity index (χ0) is 27.9. The summed E-state index contributed by atoms with van der Waals surface area (Å²) in [4.78, 5) is 35.2. The van der Waals surface area contributed by atoms with Crippen LogP contribution in [0.5, 0.6) is 0 Å². The lowest BCUT2D eigenvalue weighted by Crippen LogP contribution is -2.44. The molecule has 0 bridgehead atoms. The molecule has 2 saturated heterocycles. The Kier molecular flexibility index (Phi) is 8.89. The van der Waals surface area contributed by atoms with Crippen LogP contribution in [-0.4, -0.2) is 87.8 Å². The van der Waals surface area contributed by atoms with E-state index in [1.165, 1.54) is 11.4 Å². The van der Waals surface area contributed by atoms with Crippen molar-refractivity contribution in [2.75, 3.05) is 76.3 Å². The number of likely N-dealkylation sites (N-methyl/N-ethyl adjacent to an activating group) is 2. The van der Waals surface area contributed by atoms with Gasteiger partial charge < -0.3 is 19.6 Å². The SMILES string of the molecule is CN1CCN(c2ccc(/C=C/C(=O)c3cccc(C(=O)/C=C/c4ccc(N5CCN(C)CC5)cc4)c3)cc2)CC1. The largest absolute Gasteiger partial charge is 0.369 e. The van der Waals surface area contributed by atoms with E-state index >= 15 is 0 Å². The first-order valence-electron chi connectivity index (χ1n) is 14.1. The van der Waals surface area contributed by atoms with E-state index in [0.717, 1.165) is 63.5 Å². The third kappa shape index (κ3) is 7.14. The second kappa shape index (κ2) is 12.9. The average Bonchev–Trinajstić information content (AvgIpc) is 3.00. The maximum atomic E-state index is 12.9. The van der Waals surface area contributed by atoms with Crippen molar-refractivity contribution in [2.45, 2.75) is 0 Å². The van der Waals surface area contributed by atoms with Crippen molar-refractivity contribution in [3.05, 3.63) is 107 Å². The van der Waals surface area contributed by atoms with Gasteiger partial charge >= 0.3 is 0 Å². The van der Waals surface area contributed by atoms with Crippen LogP contribution in [0.4, 0.5) is 11.4 Å². The minimum Gasteiger partial charge on any atom is -0.369 e. The first kappa shape index (κ1) is 27.6. The second-order valence-corrected chi connectivity index (χ2v) is 10.7. The molecule has 6 heteroatoms. The van der Waals surface area contributed by atoms with Crippen molar-refractivity contribution in [1.29, 1.82) is 0 Å². The fourth-order valence-corrected chi connectivity index (χ4v) is 5.08. The highest BCUT2D eigenvalue weighted by molar-refractivity contribution is 6.11. The third-order valence-electron chi connectivity index (χ3n) is 7.81. The van der Waals surface area contributed by atoms with Crippen molar-refractivity contribution in [3.63, 3.8) is 0 Å². The van der Waals surface area contributed by atoms with Crippen molar-refractivity contribution in [3.8, 4) is 0 Å². The van der Waals surface area contributed by atoms with E-state index in [1.807, 2.05) is 36.4 Å². The zero-order valence-electron chi connectivity index (χ0n) is 23.5. The predicted octanol–water partition coefficient (Wildman–Crippen LogP) is 4.98. The molecule has 2 fully saturated rings. The summed E-state index contributed by atoms with van der Waals surface area (Å²) in [6, 6.07) is 23.6. The summed E-state index contributed by atoms with van der Waals surface area (Å²) in [5.41, 5.74) is 5.37. The molecule has 0 spiro atoms. The van der Waals surface area contributed by atoms with Gasteiger partial charge in [0.15, 0.2) is 11.6 Å². The van der Waals surface area contributed by atoms with Crippen molar-refractivity contribution < 1.29 is 9.59 Å². The molecule has 0 aliphatic carbocycles. The fourth-order valence-electron chi connectivity index (χ4n) is 5.08. The normalized spacial score (nSPS) is 17.1. The van der Waals surface area contributed by atoms with Crippen molar-refractivity contribution in [1.82, 2.24) is 9.80 Å². The first-order chi connectivity index (χ1) is 19.4. The lowest BCUT2D eigenvalue weighted by atomic mass is 10.0. The lowest BCUT2D eigenvalue weighted by molar-refractivity contribution is 0.104. The van der Waals surface area contributed by atoms with Crippen molar-refractivity contribution >= 4 is 35.1 Å². The number of ketones is 2. The maximum absolute atomic E-state index is 12.9. The van der Waals surface area contributed by atoms with Crippen LogP contribution in [0.3, 0.4) is 0 Å².